The molecule has 176 valence electrons. The van der Waals surface area contributed by atoms with E-state index in [1.54, 1.807) is 0 Å². The second-order valence-electron chi connectivity index (χ2n) is 9.68. The molecule has 4 rings (SSSR count). The Hall–Kier alpha value is -1.96. The van der Waals surface area contributed by atoms with Crippen molar-refractivity contribution in [1.29, 1.82) is 0 Å². The maximum atomic E-state index is 12.6. The lowest BCUT2D eigenvalue weighted by Crippen LogP contribution is -2.51. The molecule has 7 heteroatoms. The predicted octanol–water partition coefficient (Wildman–Crippen LogP) is 1.50. The predicted molar refractivity (Wildman–Crippen MR) is 127 cm³/mol. The molecule has 0 atom stereocenters. The van der Waals surface area contributed by atoms with Crippen molar-refractivity contribution < 1.29 is 9.59 Å². The van der Waals surface area contributed by atoms with Gasteiger partial charge in [0.2, 0.25) is 5.91 Å². The van der Waals surface area contributed by atoms with Crippen molar-refractivity contribution in [2.24, 2.45) is 5.92 Å². The molecule has 1 aromatic rings. The van der Waals surface area contributed by atoms with E-state index in [-0.39, 0.29) is 11.8 Å². The van der Waals surface area contributed by atoms with E-state index in [9.17, 15) is 9.59 Å². The first-order valence-electron chi connectivity index (χ1n) is 12.4. The Balaban J connectivity index is 1.13. The van der Waals surface area contributed by atoms with Gasteiger partial charge in [-0.2, -0.15) is 0 Å². The molecule has 0 radical (unpaired) electrons. The Labute approximate surface area is 192 Å². The number of amides is 2. The number of carbonyl (C=O) groups excluding carboxylic acids is 2. The fourth-order valence-electron chi connectivity index (χ4n) is 5.08. The first-order chi connectivity index (χ1) is 15.6. The number of nitrogens with one attached hydrogen (secondary N) is 1. The lowest BCUT2D eigenvalue weighted by Gasteiger charge is -2.36. The van der Waals surface area contributed by atoms with Gasteiger partial charge >= 0.3 is 0 Å². The van der Waals surface area contributed by atoms with Gasteiger partial charge in [-0.05, 0) is 37.6 Å². The fourth-order valence-corrected chi connectivity index (χ4v) is 5.08. The number of rotatable bonds is 7. The molecule has 1 aromatic carbocycles. The van der Waals surface area contributed by atoms with Gasteiger partial charge in [-0.25, -0.2) is 0 Å². The second-order valence-corrected chi connectivity index (χ2v) is 9.68. The molecule has 0 unspecified atom stereocenters. The van der Waals surface area contributed by atoms with Crippen LogP contribution >= 0.6 is 0 Å². The van der Waals surface area contributed by atoms with Crippen molar-refractivity contribution in [3.8, 4) is 0 Å². The van der Waals surface area contributed by atoms with Crippen molar-refractivity contribution in [1.82, 2.24) is 24.9 Å². The molecule has 1 aliphatic carbocycles. The SMILES string of the molecule is CN1CCN(Cc2ccc(C(=O)NCCN3CCN(C(=O)C4CCCC4)CC3)cc2)CC1. The molecule has 0 bridgehead atoms. The van der Waals surface area contributed by atoms with Gasteiger partial charge in [0.25, 0.3) is 5.91 Å². The van der Waals surface area contributed by atoms with E-state index in [0.717, 1.165) is 83.9 Å². The van der Waals surface area contributed by atoms with Gasteiger partial charge in [-0.15, -0.1) is 0 Å². The third kappa shape index (κ3) is 6.30. The van der Waals surface area contributed by atoms with E-state index in [0.29, 0.717) is 12.5 Å². The molecular weight excluding hydrogens is 402 g/mol. The zero-order chi connectivity index (χ0) is 22.3. The normalized spacial score (nSPS) is 21.7. The number of nitrogens with zero attached hydrogens (tertiary/aromatic N) is 4. The highest BCUT2D eigenvalue weighted by molar-refractivity contribution is 5.94. The van der Waals surface area contributed by atoms with Crippen molar-refractivity contribution in [3.63, 3.8) is 0 Å². The van der Waals surface area contributed by atoms with E-state index in [4.69, 9.17) is 0 Å². The number of piperazine rings is 2. The van der Waals surface area contributed by atoms with Gasteiger partial charge in [-0.3, -0.25) is 19.4 Å². The number of benzene rings is 1. The summed E-state index contributed by atoms with van der Waals surface area (Å²) >= 11 is 0. The summed E-state index contributed by atoms with van der Waals surface area (Å²) in [6, 6.07) is 8.03. The monoisotopic (exact) mass is 441 g/mol. The Kier molecular flexibility index (Phi) is 8.16. The molecule has 2 amide bonds. The van der Waals surface area contributed by atoms with Gasteiger partial charge in [0.15, 0.2) is 0 Å². The van der Waals surface area contributed by atoms with Crippen LogP contribution in [0.2, 0.25) is 0 Å². The molecule has 0 aromatic heterocycles. The van der Waals surface area contributed by atoms with Gasteiger partial charge < -0.3 is 15.1 Å². The maximum Gasteiger partial charge on any atom is 0.251 e. The molecule has 0 spiro atoms. The van der Waals surface area contributed by atoms with E-state index >= 15 is 0 Å². The van der Waals surface area contributed by atoms with Gasteiger partial charge in [0.1, 0.15) is 0 Å². The topological polar surface area (TPSA) is 59.1 Å². The van der Waals surface area contributed by atoms with Crippen LogP contribution in [0.5, 0.6) is 0 Å². The van der Waals surface area contributed by atoms with Gasteiger partial charge in [0.05, 0.1) is 0 Å². The number of hydrogen-bond donors (Lipinski definition) is 1. The van der Waals surface area contributed by atoms with Crippen LogP contribution < -0.4 is 5.32 Å². The molecule has 2 heterocycles. The van der Waals surface area contributed by atoms with Crippen LogP contribution in [-0.4, -0.2) is 104 Å². The van der Waals surface area contributed by atoms with Crippen LogP contribution in [-0.2, 0) is 11.3 Å². The number of hydrogen-bond acceptors (Lipinski definition) is 5. The zero-order valence-corrected chi connectivity index (χ0v) is 19.6. The van der Waals surface area contributed by atoms with E-state index < -0.39 is 0 Å². The van der Waals surface area contributed by atoms with Crippen LogP contribution in [0.1, 0.15) is 41.6 Å². The van der Waals surface area contributed by atoms with Crippen molar-refractivity contribution in [2.75, 3.05) is 72.5 Å². The molecule has 2 saturated heterocycles. The lowest BCUT2D eigenvalue weighted by molar-refractivity contribution is -0.137. The molecule has 3 aliphatic rings. The summed E-state index contributed by atoms with van der Waals surface area (Å²) in [5, 5.41) is 3.05. The summed E-state index contributed by atoms with van der Waals surface area (Å²) in [6.07, 6.45) is 4.55. The minimum absolute atomic E-state index is 0.00815. The van der Waals surface area contributed by atoms with Crippen LogP contribution in [0, 0.1) is 5.92 Å². The van der Waals surface area contributed by atoms with E-state index in [2.05, 4.69) is 44.1 Å². The molecule has 1 N–H and O–H groups in total. The maximum absolute atomic E-state index is 12.6. The summed E-state index contributed by atoms with van der Waals surface area (Å²) in [5.74, 6) is 0.631. The largest absolute Gasteiger partial charge is 0.351 e. The van der Waals surface area contributed by atoms with Crippen molar-refractivity contribution in [2.45, 2.75) is 32.2 Å². The first-order valence-corrected chi connectivity index (χ1v) is 12.4. The standard InChI is InChI=1S/C25H39N5O2/c1-27-12-14-29(15-13-27)20-21-6-8-22(9-7-21)24(31)26-10-11-28-16-18-30(19-17-28)25(32)23-4-2-3-5-23/h6-9,23H,2-5,10-20H2,1H3,(H,26,31). The Morgan fingerprint density at radius 1 is 0.875 bits per heavy atom. The summed E-state index contributed by atoms with van der Waals surface area (Å²) in [4.78, 5) is 34.3. The van der Waals surface area contributed by atoms with Crippen molar-refractivity contribution >= 4 is 11.8 Å². The van der Waals surface area contributed by atoms with E-state index in [1.165, 1.54) is 18.4 Å². The first kappa shape index (κ1) is 23.2. The van der Waals surface area contributed by atoms with Gasteiger partial charge in [0, 0.05) is 83.5 Å². The minimum Gasteiger partial charge on any atom is -0.351 e. The van der Waals surface area contributed by atoms with Crippen molar-refractivity contribution in [3.05, 3.63) is 35.4 Å². The Bertz CT molecular complexity index is 746. The Morgan fingerprint density at radius 3 is 2.16 bits per heavy atom. The highest BCUT2D eigenvalue weighted by Gasteiger charge is 2.29. The highest BCUT2D eigenvalue weighted by atomic mass is 16.2. The average molecular weight is 442 g/mol. The second kappa shape index (κ2) is 11.3. The third-order valence-electron chi connectivity index (χ3n) is 7.32. The summed E-state index contributed by atoms with van der Waals surface area (Å²) in [5.41, 5.74) is 1.98. The number of carbonyl (C=O) groups is 2. The zero-order valence-electron chi connectivity index (χ0n) is 19.6. The average Bonchev–Trinajstić information content (AvgIpc) is 3.36. The lowest BCUT2D eigenvalue weighted by atomic mass is 10.1. The van der Waals surface area contributed by atoms with Crippen LogP contribution in [0.15, 0.2) is 24.3 Å². The van der Waals surface area contributed by atoms with Crippen LogP contribution in [0.4, 0.5) is 0 Å². The smallest absolute Gasteiger partial charge is 0.251 e. The Morgan fingerprint density at radius 2 is 1.50 bits per heavy atom. The highest BCUT2D eigenvalue weighted by Crippen LogP contribution is 2.26. The molecule has 32 heavy (non-hydrogen) atoms. The van der Waals surface area contributed by atoms with Gasteiger partial charge in [-0.1, -0.05) is 25.0 Å². The van der Waals surface area contributed by atoms with Crippen LogP contribution in [0.25, 0.3) is 0 Å². The minimum atomic E-state index is -0.00815. The summed E-state index contributed by atoms with van der Waals surface area (Å²) in [7, 11) is 2.17. The number of likely N-dealkylation sites (N-methyl/N-ethyl adjacent to an activating group) is 1. The fraction of sp³-hybridized carbons (Fsp3) is 0.680. The summed E-state index contributed by atoms with van der Waals surface area (Å²) < 4.78 is 0. The van der Waals surface area contributed by atoms with E-state index in [1.807, 2.05) is 12.1 Å². The quantitative estimate of drug-likeness (QED) is 0.695. The molecule has 1 saturated carbocycles. The van der Waals surface area contributed by atoms with Crippen LogP contribution in [0.3, 0.4) is 0 Å². The molecule has 2 aliphatic heterocycles. The molecular formula is C25H39N5O2. The molecule has 3 fully saturated rings. The molecule has 7 nitrogen and oxygen atoms in total. The third-order valence-corrected chi connectivity index (χ3v) is 7.32. The summed E-state index contributed by atoms with van der Waals surface area (Å²) in [6.45, 7) is 10.3.